The maximum absolute atomic E-state index is 4.38. The van der Waals surface area contributed by atoms with Gasteiger partial charge in [0.05, 0.1) is 11.7 Å². The van der Waals surface area contributed by atoms with Gasteiger partial charge in [0.15, 0.2) is 0 Å². The van der Waals surface area contributed by atoms with Crippen LogP contribution in [0.25, 0.3) is 0 Å². The van der Waals surface area contributed by atoms with Crippen LogP contribution >= 0.6 is 0 Å². The Bertz CT molecular complexity index is 318. The molecule has 0 amide bonds. The first-order chi connectivity index (χ1) is 7.05. The fraction of sp³-hybridized carbons (Fsp3) is 0.750. The van der Waals surface area contributed by atoms with Crippen LogP contribution in [0.1, 0.15) is 39.2 Å². The third-order valence-electron chi connectivity index (χ3n) is 2.78. The Morgan fingerprint density at radius 2 is 2.20 bits per heavy atom. The van der Waals surface area contributed by atoms with Crippen molar-refractivity contribution in [3.05, 3.63) is 18.0 Å². The molecule has 0 unspecified atom stereocenters. The lowest BCUT2D eigenvalue weighted by atomic mass is 10.1. The molecule has 3 heteroatoms. The van der Waals surface area contributed by atoms with Gasteiger partial charge in [-0.05, 0) is 46.1 Å². The van der Waals surface area contributed by atoms with Gasteiger partial charge < -0.3 is 5.32 Å². The van der Waals surface area contributed by atoms with E-state index in [4.69, 9.17) is 0 Å². The SMILES string of the molecule is CC(C)(C)n1cc(CNCC2CC2)cn1. The maximum atomic E-state index is 4.38. The average molecular weight is 207 g/mol. The van der Waals surface area contributed by atoms with Crippen LogP contribution in [-0.2, 0) is 12.1 Å². The van der Waals surface area contributed by atoms with Crippen LogP contribution in [0.2, 0.25) is 0 Å². The Morgan fingerprint density at radius 1 is 1.47 bits per heavy atom. The van der Waals surface area contributed by atoms with Crippen molar-refractivity contribution in [2.24, 2.45) is 5.92 Å². The van der Waals surface area contributed by atoms with Gasteiger partial charge in [-0.25, -0.2) is 0 Å². The standard InChI is InChI=1S/C12H21N3/c1-12(2,3)15-9-11(8-14-15)7-13-6-10-4-5-10/h8-10,13H,4-7H2,1-3H3. The second-order valence-corrected chi connectivity index (χ2v) is 5.54. The van der Waals surface area contributed by atoms with Crippen LogP contribution in [0.5, 0.6) is 0 Å². The summed E-state index contributed by atoms with van der Waals surface area (Å²) in [4.78, 5) is 0. The van der Waals surface area contributed by atoms with Crippen molar-refractivity contribution in [3.8, 4) is 0 Å². The highest BCUT2D eigenvalue weighted by Gasteiger charge is 2.20. The van der Waals surface area contributed by atoms with E-state index in [-0.39, 0.29) is 5.54 Å². The zero-order valence-electron chi connectivity index (χ0n) is 9.95. The Balaban J connectivity index is 1.83. The Kier molecular flexibility index (Phi) is 2.83. The van der Waals surface area contributed by atoms with Gasteiger partial charge >= 0.3 is 0 Å². The molecule has 0 aliphatic heterocycles. The van der Waals surface area contributed by atoms with E-state index in [1.54, 1.807) is 0 Å². The van der Waals surface area contributed by atoms with Gasteiger partial charge in [0, 0.05) is 18.3 Å². The van der Waals surface area contributed by atoms with Crippen molar-refractivity contribution < 1.29 is 0 Å². The molecule has 2 rings (SSSR count). The van der Waals surface area contributed by atoms with Crippen molar-refractivity contribution >= 4 is 0 Å². The molecule has 1 fully saturated rings. The summed E-state index contributed by atoms with van der Waals surface area (Å²) in [5.74, 6) is 0.947. The first-order valence-electron chi connectivity index (χ1n) is 5.80. The lowest BCUT2D eigenvalue weighted by Gasteiger charge is -2.18. The van der Waals surface area contributed by atoms with E-state index >= 15 is 0 Å². The number of nitrogens with one attached hydrogen (secondary N) is 1. The summed E-state index contributed by atoms with van der Waals surface area (Å²) in [7, 11) is 0. The number of rotatable bonds is 4. The second kappa shape index (κ2) is 3.97. The molecule has 1 aromatic heterocycles. The molecule has 3 nitrogen and oxygen atoms in total. The van der Waals surface area contributed by atoms with Gasteiger partial charge in [-0.3, -0.25) is 4.68 Å². The third kappa shape index (κ3) is 3.06. The average Bonchev–Trinajstić information content (AvgIpc) is 2.80. The molecule has 84 valence electrons. The van der Waals surface area contributed by atoms with E-state index in [9.17, 15) is 0 Å². The predicted molar refractivity (Wildman–Crippen MR) is 61.7 cm³/mol. The summed E-state index contributed by atoms with van der Waals surface area (Å²) in [6.45, 7) is 8.62. The molecule has 0 spiro atoms. The summed E-state index contributed by atoms with van der Waals surface area (Å²) >= 11 is 0. The number of hydrogen-bond donors (Lipinski definition) is 1. The van der Waals surface area contributed by atoms with E-state index in [1.165, 1.54) is 24.9 Å². The van der Waals surface area contributed by atoms with E-state index < -0.39 is 0 Å². The first-order valence-corrected chi connectivity index (χ1v) is 5.80. The minimum absolute atomic E-state index is 0.0920. The van der Waals surface area contributed by atoms with E-state index in [2.05, 4.69) is 37.4 Å². The zero-order valence-corrected chi connectivity index (χ0v) is 9.95. The monoisotopic (exact) mass is 207 g/mol. The van der Waals surface area contributed by atoms with Crippen molar-refractivity contribution in [1.82, 2.24) is 15.1 Å². The van der Waals surface area contributed by atoms with Crippen molar-refractivity contribution in [3.63, 3.8) is 0 Å². The highest BCUT2D eigenvalue weighted by molar-refractivity contribution is 5.04. The normalized spacial score (nSPS) is 17.0. The second-order valence-electron chi connectivity index (χ2n) is 5.54. The molecule has 0 aromatic carbocycles. The van der Waals surface area contributed by atoms with Gasteiger partial charge in [-0.15, -0.1) is 0 Å². The highest BCUT2D eigenvalue weighted by atomic mass is 15.3. The number of nitrogens with zero attached hydrogens (tertiary/aromatic N) is 2. The molecular weight excluding hydrogens is 186 g/mol. The molecule has 15 heavy (non-hydrogen) atoms. The van der Waals surface area contributed by atoms with Crippen LogP contribution in [0.15, 0.2) is 12.4 Å². The number of aromatic nitrogens is 2. The summed E-state index contributed by atoms with van der Waals surface area (Å²) in [5.41, 5.74) is 1.37. The van der Waals surface area contributed by atoms with Crippen LogP contribution in [0.4, 0.5) is 0 Å². The van der Waals surface area contributed by atoms with Crippen LogP contribution < -0.4 is 5.32 Å². The van der Waals surface area contributed by atoms with E-state index in [0.29, 0.717) is 0 Å². The summed E-state index contributed by atoms with van der Waals surface area (Å²) in [6, 6.07) is 0. The minimum Gasteiger partial charge on any atom is -0.312 e. The van der Waals surface area contributed by atoms with Crippen LogP contribution in [0, 0.1) is 5.92 Å². The maximum Gasteiger partial charge on any atom is 0.0543 e. The van der Waals surface area contributed by atoms with Crippen molar-refractivity contribution in [1.29, 1.82) is 0 Å². The highest BCUT2D eigenvalue weighted by Crippen LogP contribution is 2.27. The molecule has 0 saturated heterocycles. The fourth-order valence-electron chi connectivity index (χ4n) is 1.56. The van der Waals surface area contributed by atoms with Crippen LogP contribution in [-0.4, -0.2) is 16.3 Å². The molecule has 0 bridgehead atoms. The van der Waals surface area contributed by atoms with Crippen molar-refractivity contribution in [2.75, 3.05) is 6.54 Å². The van der Waals surface area contributed by atoms with E-state index in [1.807, 2.05) is 10.9 Å². The molecule has 1 heterocycles. The van der Waals surface area contributed by atoms with Gasteiger partial charge in [-0.1, -0.05) is 0 Å². The zero-order chi connectivity index (χ0) is 10.9. The first kappa shape index (κ1) is 10.7. The molecule has 1 aliphatic carbocycles. The summed E-state index contributed by atoms with van der Waals surface area (Å²) in [5, 5.41) is 7.85. The Hall–Kier alpha value is -0.830. The molecular formula is C12H21N3. The van der Waals surface area contributed by atoms with Gasteiger partial charge in [0.1, 0.15) is 0 Å². The van der Waals surface area contributed by atoms with Gasteiger partial charge in [-0.2, -0.15) is 5.10 Å². The summed E-state index contributed by atoms with van der Waals surface area (Å²) in [6.07, 6.45) is 6.92. The van der Waals surface area contributed by atoms with Crippen LogP contribution in [0.3, 0.4) is 0 Å². The quantitative estimate of drug-likeness (QED) is 0.819. The molecule has 1 aromatic rings. The van der Waals surface area contributed by atoms with Crippen molar-refractivity contribution in [2.45, 2.75) is 45.7 Å². The van der Waals surface area contributed by atoms with Gasteiger partial charge in [0.2, 0.25) is 0 Å². The summed E-state index contributed by atoms with van der Waals surface area (Å²) < 4.78 is 2.03. The topological polar surface area (TPSA) is 29.9 Å². The third-order valence-corrected chi connectivity index (χ3v) is 2.78. The Labute approximate surface area is 91.9 Å². The molecule has 0 atom stereocenters. The fourth-order valence-corrected chi connectivity index (χ4v) is 1.56. The Morgan fingerprint density at radius 3 is 2.73 bits per heavy atom. The largest absolute Gasteiger partial charge is 0.312 e. The molecule has 1 saturated carbocycles. The smallest absolute Gasteiger partial charge is 0.0543 e. The number of hydrogen-bond acceptors (Lipinski definition) is 2. The lowest BCUT2D eigenvalue weighted by molar-refractivity contribution is 0.355. The van der Waals surface area contributed by atoms with E-state index in [0.717, 1.165) is 12.5 Å². The van der Waals surface area contributed by atoms with Gasteiger partial charge in [0.25, 0.3) is 0 Å². The lowest BCUT2D eigenvalue weighted by Crippen LogP contribution is -2.22. The predicted octanol–water partition coefficient (Wildman–Crippen LogP) is 2.14. The molecule has 1 N–H and O–H groups in total. The molecule has 1 aliphatic rings. The minimum atomic E-state index is 0.0920. The molecule has 0 radical (unpaired) electrons.